The van der Waals surface area contributed by atoms with Crippen molar-refractivity contribution in [3.8, 4) is 22.8 Å². The van der Waals surface area contributed by atoms with E-state index in [1.54, 1.807) is 48.0 Å². The predicted molar refractivity (Wildman–Crippen MR) is 267 cm³/mol. The highest BCUT2D eigenvalue weighted by molar-refractivity contribution is 6.31. The highest BCUT2D eigenvalue weighted by Crippen LogP contribution is 2.37. The third kappa shape index (κ3) is 11.6. The van der Waals surface area contributed by atoms with Crippen molar-refractivity contribution in [1.29, 1.82) is 0 Å². The molecule has 0 N–H and O–H groups in total. The molecule has 0 saturated carbocycles. The maximum Gasteiger partial charge on any atom is 0.228 e. The molecule has 70 heavy (non-hydrogen) atoms. The number of piperidine rings is 1. The molecular weight excluding hydrogens is 933 g/mol. The molecule has 2 bridgehead atoms. The van der Waals surface area contributed by atoms with Gasteiger partial charge in [0.2, 0.25) is 17.7 Å². The number of carbonyl (C=O) groups excluding carboxylic acids is 4. The zero-order valence-corrected chi connectivity index (χ0v) is 42.1. The lowest BCUT2D eigenvalue weighted by Gasteiger charge is -2.50. The molecule has 3 saturated heterocycles. The predicted octanol–water partition coefficient (Wildman–Crippen LogP) is 8.89. The van der Waals surface area contributed by atoms with Crippen LogP contribution in [0, 0.1) is 24.6 Å². The fourth-order valence-electron chi connectivity index (χ4n) is 10.4. The SMILES string of the molecule is COC[C@@H]1CC(=O)[C@H](C)N(Cc2c(F)cc(Cl)cc2Oc2ccc(-c3cnc(CN4CCCC4)n3C)cc2)C(=O)C[C@@H](Cc2cccc(C)n2)C(=O)N2CCC[C@@](Cc3ccc(Cl)cc3)(C2)N(C)C1=O. The first-order valence-electron chi connectivity index (χ1n) is 24.1. The number of ether oxygens (including phenoxy) is 2. The van der Waals surface area contributed by atoms with Gasteiger partial charge < -0.3 is 28.7 Å². The smallest absolute Gasteiger partial charge is 0.228 e. The van der Waals surface area contributed by atoms with Gasteiger partial charge in [-0.3, -0.25) is 29.1 Å². The molecular formula is C54H62Cl2FN7O6. The number of halogens is 3. The highest BCUT2D eigenvalue weighted by Gasteiger charge is 2.46. The van der Waals surface area contributed by atoms with Crippen LogP contribution in [0.15, 0.2) is 85.1 Å². The normalized spacial score (nSPS) is 21.9. The standard InChI is InChI=1S/C54H62Cl2FN7O6/c1-35-10-8-11-43(59-35)24-39-26-51(66)64(31-45-46(57)27-42(56)28-49(45)70-44-18-14-38(15-19-44)47-30-58-50(60(47)3)32-62-21-6-7-22-62)36(2)48(65)25-40(33-69-5)52(67)61(4)54(20-9-23-63(34-54)53(39)68)29-37-12-16-41(55)17-13-37/h8,10-19,27-28,30,36,39-40H,6-7,9,20-26,29,31-34H2,1-5H3/t36-,39+,40-,54+/m0/s1. The Bertz CT molecular complexity index is 2690. The highest BCUT2D eigenvalue weighted by atomic mass is 35.5. The van der Waals surface area contributed by atoms with E-state index < -0.39 is 47.5 Å². The molecule has 13 nitrogen and oxygen atoms in total. The van der Waals surface area contributed by atoms with Gasteiger partial charge in [-0.15, -0.1) is 0 Å². The van der Waals surface area contributed by atoms with E-state index in [0.29, 0.717) is 42.3 Å². The number of ketones is 1. The molecule has 2 aromatic heterocycles. The number of pyridine rings is 1. The number of aryl methyl sites for hydroxylation is 1. The molecule has 3 aromatic carbocycles. The van der Waals surface area contributed by atoms with Crippen LogP contribution in [0.5, 0.6) is 11.5 Å². The summed E-state index contributed by atoms with van der Waals surface area (Å²) >= 11 is 12.8. The maximum absolute atomic E-state index is 16.5. The molecule has 5 aromatic rings. The Morgan fingerprint density at radius 1 is 0.843 bits per heavy atom. The lowest BCUT2D eigenvalue weighted by molar-refractivity contribution is -0.154. The summed E-state index contributed by atoms with van der Waals surface area (Å²) in [6, 6.07) is 21.8. The Labute approximate surface area is 419 Å². The zero-order valence-electron chi connectivity index (χ0n) is 40.6. The van der Waals surface area contributed by atoms with Gasteiger partial charge in [-0.05, 0) is 125 Å². The van der Waals surface area contributed by atoms with E-state index in [0.717, 1.165) is 54.0 Å². The van der Waals surface area contributed by atoms with Crippen LogP contribution in [0.4, 0.5) is 4.39 Å². The van der Waals surface area contributed by atoms with Crippen LogP contribution in [0.25, 0.3) is 11.3 Å². The number of Topliss-reactive ketones (excluding diaryl/α,β-unsaturated/α-hetero) is 1. The number of hydrogen-bond donors (Lipinski definition) is 0. The molecule has 370 valence electrons. The van der Waals surface area contributed by atoms with Gasteiger partial charge in [0.05, 0.1) is 55.0 Å². The molecule has 8 rings (SSSR count). The molecule has 3 amide bonds. The number of nitrogens with zero attached hydrogens (tertiary/aromatic N) is 7. The van der Waals surface area contributed by atoms with E-state index in [2.05, 4.69) is 9.47 Å². The zero-order chi connectivity index (χ0) is 49.7. The van der Waals surface area contributed by atoms with E-state index in [1.165, 1.54) is 30.9 Å². The molecule has 5 heterocycles. The second-order valence-electron chi connectivity index (χ2n) is 19.3. The van der Waals surface area contributed by atoms with Crippen molar-refractivity contribution >= 4 is 46.7 Å². The van der Waals surface area contributed by atoms with Crippen molar-refractivity contribution in [3.05, 3.63) is 129 Å². The molecule has 3 aliphatic rings. The average molecular weight is 995 g/mol. The minimum absolute atomic E-state index is 0.0173. The van der Waals surface area contributed by atoms with Crippen LogP contribution >= 0.6 is 23.2 Å². The first kappa shape index (κ1) is 50.7. The quantitative estimate of drug-likeness (QED) is 0.114. The second-order valence-corrected chi connectivity index (χ2v) is 20.1. The van der Waals surface area contributed by atoms with E-state index in [9.17, 15) is 9.59 Å². The number of hydrogen-bond acceptors (Lipinski definition) is 9. The molecule has 3 fully saturated rings. The fraction of sp³-hybridized carbons (Fsp3) is 0.444. The molecule has 4 atom stereocenters. The molecule has 0 radical (unpaired) electrons. The summed E-state index contributed by atoms with van der Waals surface area (Å²) in [7, 11) is 5.21. The summed E-state index contributed by atoms with van der Waals surface area (Å²) in [5.74, 6) is -2.75. The van der Waals surface area contributed by atoms with Gasteiger partial charge in [0.1, 0.15) is 23.1 Å². The molecule has 3 aliphatic heterocycles. The molecule has 0 aliphatic carbocycles. The van der Waals surface area contributed by atoms with Crippen molar-refractivity contribution < 1.29 is 33.0 Å². The summed E-state index contributed by atoms with van der Waals surface area (Å²) in [5.41, 5.74) is 3.28. The topological polar surface area (TPSA) is 130 Å². The van der Waals surface area contributed by atoms with E-state index >= 15 is 14.0 Å². The third-order valence-corrected chi connectivity index (χ3v) is 14.9. The molecule has 0 unspecified atom stereocenters. The van der Waals surface area contributed by atoms with Crippen molar-refractivity contribution in [3.63, 3.8) is 0 Å². The number of rotatable bonds is 13. The van der Waals surface area contributed by atoms with Gasteiger partial charge >= 0.3 is 0 Å². The third-order valence-electron chi connectivity index (χ3n) is 14.4. The summed E-state index contributed by atoms with van der Waals surface area (Å²) in [6.07, 6.45) is 5.41. The number of fused-ring (bicyclic) bond motifs is 2. The summed E-state index contributed by atoms with van der Waals surface area (Å²) in [4.78, 5) is 76.3. The number of amides is 3. The molecule has 16 heteroatoms. The lowest BCUT2D eigenvalue weighted by atomic mass is 9.80. The number of likely N-dealkylation sites (tertiary alicyclic amines) is 1. The molecule has 0 spiro atoms. The second kappa shape index (κ2) is 22.2. The number of carbonyl (C=O) groups is 4. The summed E-state index contributed by atoms with van der Waals surface area (Å²) < 4.78 is 30.5. The summed E-state index contributed by atoms with van der Waals surface area (Å²) in [6.45, 7) is 6.47. The summed E-state index contributed by atoms with van der Waals surface area (Å²) in [5, 5.41) is 0.645. The fourth-order valence-corrected chi connectivity index (χ4v) is 10.7. The number of aromatic nitrogens is 3. The van der Waals surface area contributed by atoms with E-state index in [1.807, 2.05) is 62.6 Å². The van der Waals surface area contributed by atoms with Crippen LogP contribution in [0.1, 0.15) is 73.8 Å². The first-order valence-corrected chi connectivity index (χ1v) is 24.9. The minimum atomic E-state index is -1.17. The Hall–Kier alpha value is -5.67. The van der Waals surface area contributed by atoms with Crippen LogP contribution in [0.3, 0.4) is 0 Å². The van der Waals surface area contributed by atoms with Crippen LogP contribution in [-0.4, -0.2) is 116 Å². The van der Waals surface area contributed by atoms with Crippen LogP contribution in [-0.2, 0) is 56.9 Å². The monoisotopic (exact) mass is 993 g/mol. The Balaban J connectivity index is 1.13. The van der Waals surface area contributed by atoms with Gasteiger partial charge in [0.15, 0.2) is 5.78 Å². The lowest BCUT2D eigenvalue weighted by Crippen LogP contribution is -2.63. The largest absolute Gasteiger partial charge is 0.457 e. The minimum Gasteiger partial charge on any atom is -0.457 e. The van der Waals surface area contributed by atoms with Crippen molar-refractivity contribution in [2.75, 3.05) is 46.9 Å². The van der Waals surface area contributed by atoms with E-state index in [-0.39, 0.29) is 60.6 Å². The van der Waals surface area contributed by atoms with E-state index in [4.69, 9.17) is 42.6 Å². The maximum atomic E-state index is 16.5. The Morgan fingerprint density at radius 2 is 1.59 bits per heavy atom. The van der Waals surface area contributed by atoms with Crippen molar-refractivity contribution in [2.24, 2.45) is 18.9 Å². The van der Waals surface area contributed by atoms with Crippen LogP contribution < -0.4 is 4.74 Å². The van der Waals surface area contributed by atoms with Gasteiger partial charge in [0.25, 0.3) is 0 Å². The average Bonchev–Trinajstić information content (AvgIpc) is 4.00. The first-order chi connectivity index (χ1) is 33.6. The van der Waals surface area contributed by atoms with Crippen LogP contribution in [0.2, 0.25) is 10.0 Å². The van der Waals surface area contributed by atoms with Gasteiger partial charge in [0, 0.05) is 86.1 Å². The number of benzene rings is 3. The van der Waals surface area contributed by atoms with Crippen molar-refractivity contribution in [2.45, 2.75) is 89.9 Å². The Kier molecular flexibility index (Phi) is 16.1. The van der Waals surface area contributed by atoms with Gasteiger partial charge in [-0.1, -0.05) is 41.4 Å². The van der Waals surface area contributed by atoms with Crippen molar-refractivity contribution in [1.82, 2.24) is 34.1 Å². The number of imidazole rings is 1. The number of methoxy groups -OCH3 is 1. The van der Waals surface area contributed by atoms with Gasteiger partial charge in [-0.25, -0.2) is 9.37 Å². The number of likely N-dealkylation sites (N-methyl/N-ethyl adjacent to an activating group) is 1. The Morgan fingerprint density at radius 3 is 2.30 bits per heavy atom. The van der Waals surface area contributed by atoms with Gasteiger partial charge in [-0.2, -0.15) is 0 Å².